The molecule has 1 saturated heterocycles. The second-order valence-electron chi connectivity index (χ2n) is 5.16. The lowest BCUT2D eigenvalue weighted by molar-refractivity contribution is -0.149. The molecule has 5 nitrogen and oxygen atoms in total. The van der Waals surface area contributed by atoms with Crippen molar-refractivity contribution in [3.05, 3.63) is 0 Å². The van der Waals surface area contributed by atoms with Crippen molar-refractivity contribution in [3.8, 4) is 0 Å². The Morgan fingerprint density at radius 1 is 1.00 bits per heavy atom. The first kappa shape index (κ1) is 15.7. The second-order valence-corrected chi connectivity index (χ2v) is 5.16. The number of rotatable bonds is 7. The number of urea groups is 1. The van der Waals surface area contributed by atoms with E-state index in [1.165, 1.54) is 0 Å². The van der Waals surface area contributed by atoms with E-state index >= 15 is 0 Å². The number of nitrogens with one attached hydrogen (secondary N) is 2. The van der Waals surface area contributed by atoms with Gasteiger partial charge in [0.2, 0.25) is 11.8 Å². The minimum atomic E-state index is -1.09. The first-order chi connectivity index (χ1) is 9.02. The molecule has 1 aliphatic rings. The third kappa shape index (κ3) is 2.96. The predicted molar refractivity (Wildman–Crippen MR) is 72.3 cm³/mol. The van der Waals surface area contributed by atoms with Crippen LogP contribution in [0.15, 0.2) is 0 Å². The maximum Gasteiger partial charge on any atom is 0.328 e. The SMILES string of the molecule is CCCCCC(CC)C1(CC)C(=O)NC(=O)NC1=O. The summed E-state index contributed by atoms with van der Waals surface area (Å²) in [4.78, 5) is 35.6. The Bertz CT molecular complexity index is 346. The molecule has 19 heavy (non-hydrogen) atoms. The van der Waals surface area contributed by atoms with Gasteiger partial charge in [-0.25, -0.2) is 4.79 Å². The number of hydrogen-bond acceptors (Lipinski definition) is 3. The van der Waals surface area contributed by atoms with Crippen LogP contribution in [0.1, 0.15) is 59.3 Å². The van der Waals surface area contributed by atoms with E-state index in [-0.39, 0.29) is 5.92 Å². The van der Waals surface area contributed by atoms with Gasteiger partial charge in [-0.05, 0) is 18.8 Å². The van der Waals surface area contributed by atoms with E-state index in [2.05, 4.69) is 17.6 Å². The molecule has 1 unspecified atom stereocenters. The van der Waals surface area contributed by atoms with Crippen LogP contribution in [0.2, 0.25) is 0 Å². The van der Waals surface area contributed by atoms with E-state index in [1.807, 2.05) is 13.8 Å². The Morgan fingerprint density at radius 3 is 2.00 bits per heavy atom. The van der Waals surface area contributed by atoms with Crippen LogP contribution < -0.4 is 10.6 Å². The van der Waals surface area contributed by atoms with Gasteiger partial charge in [-0.15, -0.1) is 0 Å². The fourth-order valence-electron chi connectivity index (χ4n) is 2.98. The molecular formula is C14H24N2O3. The van der Waals surface area contributed by atoms with Crippen LogP contribution in [0, 0.1) is 11.3 Å². The Kier molecular flexibility index (Phi) is 5.51. The summed E-state index contributed by atoms with van der Waals surface area (Å²) in [6.07, 6.45) is 5.22. The van der Waals surface area contributed by atoms with Crippen LogP contribution >= 0.6 is 0 Å². The van der Waals surface area contributed by atoms with Gasteiger partial charge in [0.15, 0.2) is 0 Å². The normalized spacial score (nSPS) is 19.8. The minimum Gasteiger partial charge on any atom is -0.277 e. The second kappa shape index (κ2) is 6.68. The van der Waals surface area contributed by atoms with Crippen molar-refractivity contribution >= 4 is 17.8 Å². The van der Waals surface area contributed by atoms with Gasteiger partial charge in [-0.1, -0.05) is 46.5 Å². The van der Waals surface area contributed by atoms with Crippen molar-refractivity contribution < 1.29 is 14.4 Å². The summed E-state index contributed by atoms with van der Waals surface area (Å²) < 4.78 is 0. The van der Waals surface area contributed by atoms with Crippen molar-refractivity contribution in [3.63, 3.8) is 0 Å². The molecule has 0 aliphatic carbocycles. The number of unbranched alkanes of at least 4 members (excludes halogenated alkanes) is 2. The van der Waals surface area contributed by atoms with Gasteiger partial charge in [-0.3, -0.25) is 20.2 Å². The molecule has 0 aromatic rings. The Morgan fingerprint density at radius 2 is 1.58 bits per heavy atom. The highest BCUT2D eigenvalue weighted by Crippen LogP contribution is 2.39. The number of carbonyl (C=O) groups is 3. The lowest BCUT2D eigenvalue weighted by Crippen LogP contribution is -2.64. The van der Waals surface area contributed by atoms with Crippen LogP contribution in [0.3, 0.4) is 0 Å². The van der Waals surface area contributed by atoms with Gasteiger partial charge in [-0.2, -0.15) is 0 Å². The number of imide groups is 2. The quantitative estimate of drug-likeness (QED) is 0.549. The molecule has 0 aromatic heterocycles. The largest absolute Gasteiger partial charge is 0.328 e. The molecular weight excluding hydrogens is 244 g/mol. The Labute approximate surface area is 114 Å². The van der Waals surface area contributed by atoms with E-state index in [9.17, 15) is 14.4 Å². The zero-order valence-corrected chi connectivity index (χ0v) is 12.0. The van der Waals surface area contributed by atoms with E-state index in [0.717, 1.165) is 32.1 Å². The highest BCUT2D eigenvalue weighted by atomic mass is 16.2. The molecule has 0 aromatic carbocycles. The van der Waals surface area contributed by atoms with Crippen LogP contribution in [0.25, 0.3) is 0 Å². The average molecular weight is 268 g/mol. The summed E-state index contributed by atoms with van der Waals surface area (Å²) in [6, 6.07) is -0.706. The molecule has 1 rings (SSSR count). The summed E-state index contributed by atoms with van der Waals surface area (Å²) in [5, 5.41) is 4.49. The van der Waals surface area contributed by atoms with Gasteiger partial charge in [0.25, 0.3) is 0 Å². The molecule has 0 saturated carbocycles. The summed E-state index contributed by atoms with van der Waals surface area (Å²) in [7, 11) is 0. The zero-order valence-electron chi connectivity index (χ0n) is 12.0. The Hall–Kier alpha value is -1.39. The topological polar surface area (TPSA) is 75.3 Å². The molecule has 4 amide bonds. The number of barbiturate groups is 1. The minimum absolute atomic E-state index is 0.0165. The van der Waals surface area contributed by atoms with Crippen molar-refractivity contribution in [1.29, 1.82) is 0 Å². The lowest BCUT2D eigenvalue weighted by atomic mass is 9.67. The first-order valence-electron chi connectivity index (χ1n) is 7.19. The maximum atomic E-state index is 12.2. The molecule has 0 radical (unpaired) electrons. The molecule has 1 heterocycles. The van der Waals surface area contributed by atoms with Crippen molar-refractivity contribution in [2.45, 2.75) is 59.3 Å². The third-order valence-corrected chi connectivity index (χ3v) is 4.17. The molecule has 2 N–H and O–H groups in total. The predicted octanol–water partition coefficient (Wildman–Crippen LogP) is 2.36. The van der Waals surface area contributed by atoms with Gasteiger partial charge in [0.1, 0.15) is 5.41 Å². The first-order valence-corrected chi connectivity index (χ1v) is 7.19. The van der Waals surface area contributed by atoms with Crippen LogP contribution in [0.4, 0.5) is 4.79 Å². The third-order valence-electron chi connectivity index (χ3n) is 4.17. The zero-order chi connectivity index (χ0) is 14.5. The molecule has 0 bridgehead atoms. The highest BCUT2D eigenvalue weighted by Gasteiger charge is 2.53. The molecule has 5 heteroatoms. The molecule has 1 fully saturated rings. The fourth-order valence-corrected chi connectivity index (χ4v) is 2.98. The monoisotopic (exact) mass is 268 g/mol. The fraction of sp³-hybridized carbons (Fsp3) is 0.786. The number of hydrogen-bond donors (Lipinski definition) is 2. The standard InChI is InChI=1S/C14H24N2O3/c1-4-7-8-9-10(5-2)14(6-3)11(17)15-13(19)16-12(14)18/h10H,4-9H2,1-3H3,(H2,15,16,17,18,19). The number of carbonyl (C=O) groups excluding carboxylic acids is 3. The van der Waals surface area contributed by atoms with Crippen molar-refractivity contribution in [1.82, 2.24) is 10.6 Å². The molecule has 108 valence electrons. The van der Waals surface area contributed by atoms with Gasteiger partial charge in [0.05, 0.1) is 0 Å². The van der Waals surface area contributed by atoms with Crippen molar-refractivity contribution in [2.24, 2.45) is 11.3 Å². The van der Waals surface area contributed by atoms with Gasteiger partial charge in [0, 0.05) is 0 Å². The van der Waals surface area contributed by atoms with Crippen molar-refractivity contribution in [2.75, 3.05) is 0 Å². The van der Waals surface area contributed by atoms with Crippen LogP contribution in [-0.2, 0) is 9.59 Å². The van der Waals surface area contributed by atoms with Crippen LogP contribution in [0.5, 0.6) is 0 Å². The summed E-state index contributed by atoms with van der Waals surface area (Å²) in [5.74, 6) is -0.892. The Balaban J connectivity index is 2.95. The highest BCUT2D eigenvalue weighted by molar-refractivity contribution is 6.19. The lowest BCUT2D eigenvalue weighted by Gasteiger charge is -2.39. The van der Waals surface area contributed by atoms with E-state index in [1.54, 1.807) is 0 Å². The maximum absolute atomic E-state index is 12.2. The average Bonchev–Trinajstić information content (AvgIpc) is 2.36. The van der Waals surface area contributed by atoms with E-state index in [0.29, 0.717) is 6.42 Å². The summed E-state index contributed by atoms with van der Waals surface area (Å²) >= 11 is 0. The van der Waals surface area contributed by atoms with E-state index in [4.69, 9.17) is 0 Å². The van der Waals surface area contributed by atoms with E-state index < -0.39 is 23.3 Å². The van der Waals surface area contributed by atoms with Gasteiger partial charge < -0.3 is 0 Å². The summed E-state index contributed by atoms with van der Waals surface area (Å²) in [6.45, 7) is 5.94. The summed E-state index contributed by atoms with van der Waals surface area (Å²) in [5.41, 5.74) is -1.09. The molecule has 1 atom stereocenters. The number of amides is 4. The molecule has 1 aliphatic heterocycles. The van der Waals surface area contributed by atoms with Crippen LogP contribution in [-0.4, -0.2) is 17.8 Å². The van der Waals surface area contributed by atoms with Gasteiger partial charge >= 0.3 is 6.03 Å². The molecule has 0 spiro atoms. The smallest absolute Gasteiger partial charge is 0.277 e.